The molecule has 2 heterocycles. The van der Waals surface area contributed by atoms with Gasteiger partial charge in [-0.25, -0.2) is 4.79 Å². The molecule has 0 atom stereocenters. The monoisotopic (exact) mass is 312 g/mol. The van der Waals surface area contributed by atoms with Crippen LogP contribution in [-0.2, 0) is 11.2 Å². The van der Waals surface area contributed by atoms with Gasteiger partial charge in [0.15, 0.2) is 0 Å². The van der Waals surface area contributed by atoms with Crippen LogP contribution in [0.4, 0.5) is 4.79 Å². The van der Waals surface area contributed by atoms with Gasteiger partial charge in [-0.05, 0) is 45.2 Å². The highest BCUT2D eigenvalue weighted by Crippen LogP contribution is 2.23. The number of H-pyrrole nitrogens is 1. The molecule has 0 aliphatic carbocycles. The zero-order valence-corrected chi connectivity index (χ0v) is 14.1. The van der Waals surface area contributed by atoms with E-state index in [0.29, 0.717) is 6.54 Å². The largest absolute Gasteiger partial charge is 0.444 e. The summed E-state index contributed by atoms with van der Waals surface area (Å²) in [5.41, 5.74) is 3.25. The number of para-hydroxylation sites is 1. The van der Waals surface area contributed by atoms with Crippen molar-refractivity contribution in [1.82, 2.24) is 9.88 Å². The highest BCUT2D eigenvalue weighted by molar-refractivity contribution is 5.83. The fraction of sp³-hybridized carbons (Fsp3) is 0.421. The number of hydrogen-bond acceptors (Lipinski definition) is 2. The Balaban J connectivity index is 1.69. The third kappa shape index (κ3) is 3.76. The van der Waals surface area contributed by atoms with Crippen molar-refractivity contribution in [3.8, 4) is 0 Å². The molecule has 1 N–H and O–H groups in total. The van der Waals surface area contributed by atoms with Crippen LogP contribution in [0.1, 0.15) is 32.8 Å². The second kappa shape index (κ2) is 6.11. The number of fused-ring (bicyclic) bond motifs is 1. The minimum Gasteiger partial charge on any atom is -0.444 e. The summed E-state index contributed by atoms with van der Waals surface area (Å²) < 4.78 is 5.48. The third-order valence-corrected chi connectivity index (χ3v) is 3.97. The molecule has 0 bridgehead atoms. The Morgan fingerprint density at radius 3 is 2.87 bits per heavy atom. The number of carbonyl (C=O) groups excluding carboxylic acids is 1. The Kier molecular flexibility index (Phi) is 4.16. The van der Waals surface area contributed by atoms with E-state index >= 15 is 0 Å². The van der Waals surface area contributed by atoms with Gasteiger partial charge in [-0.1, -0.05) is 29.8 Å². The molecule has 4 heteroatoms. The van der Waals surface area contributed by atoms with E-state index in [4.69, 9.17) is 4.74 Å². The van der Waals surface area contributed by atoms with Crippen LogP contribution in [0.2, 0.25) is 0 Å². The van der Waals surface area contributed by atoms with Crippen LogP contribution in [0.5, 0.6) is 0 Å². The number of aromatic amines is 1. The van der Waals surface area contributed by atoms with Crippen molar-refractivity contribution in [3.05, 3.63) is 47.7 Å². The first-order valence-electron chi connectivity index (χ1n) is 8.13. The lowest BCUT2D eigenvalue weighted by Gasteiger charge is -2.30. The molecule has 0 spiro atoms. The first-order chi connectivity index (χ1) is 10.9. The van der Waals surface area contributed by atoms with Crippen LogP contribution < -0.4 is 0 Å². The zero-order chi connectivity index (χ0) is 16.4. The van der Waals surface area contributed by atoms with Gasteiger partial charge in [0.2, 0.25) is 0 Å². The maximum atomic E-state index is 12.2. The molecule has 0 fully saturated rings. The lowest BCUT2D eigenvalue weighted by molar-refractivity contribution is 0.0261. The summed E-state index contributed by atoms with van der Waals surface area (Å²) >= 11 is 0. The van der Waals surface area contributed by atoms with Crippen LogP contribution in [0.25, 0.3) is 10.9 Å². The van der Waals surface area contributed by atoms with Crippen molar-refractivity contribution in [3.63, 3.8) is 0 Å². The summed E-state index contributed by atoms with van der Waals surface area (Å²) in [4.78, 5) is 17.4. The molecule has 3 rings (SSSR count). The molecular formula is C19H24N2O2. The number of benzene rings is 1. The van der Waals surface area contributed by atoms with Crippen LogP contribution in [-0.4, -0.2) is 34.7 Å². The summed E-state index contributed by atoms with van der Waals surface area (Å²) in [6.45, 7) is 7.08. The molecule has 1 amide bonds. The van der Waals surface area contributed by atoms with Gasteiger partial charge >= 0.3 is 6.09 Å². The van der Waals surface area contributed by atoms with Gasteiger partial charge in [0.25, 0.3) is 0 Å². The normalized spacial score (nSPS) is 15.6. The van der Waals surface area contributed by atoms with E-state index < -0.39 is 5.60 Å². The van der Waals surface area contributed by atoms with Gasteiger partial charge in [0.1, 0.15) is 5.60 Å². The number of aromatic nitrogens is 1. The first kappa shape index (κ1) is 15.7. The number of carbonyl (C=O) groups is 1. The maximum absolute atomic E-state index is 12.2. The van der Waals surface area contributed by atoms with Gasteiger partial charge in [-0.2, -0.15) is 0 Å². The first-order valence-corrected chi connectivity index (χ1v) is 8.13. The molecule has 1 aromatic heterocycles. The number of amides is 1. The van der Waals surface area contributed by atoms with Crippen molar-refractivity contribution in [1.29, 1.82) is 0 Å². The van der Waals surface area contributed by atoms with Gasteiger partial charge in [-0.15, -0.1) is 0 Å². The summed E-state index contributed by atoms with van der Waals surface area (Å²) in [5.74, 6) is 0. The summed E-state index contributed by atoms with van der Waals surface area (Å²) in [6.07, 6.45) is 5.85. The van der Waals surface area contributed by atoms with Crippen molar-refractivity contribution < 1.29 is 9.53 Å². The van der Waals surface area contributed by atoms with E-state index in [2.05, 4.69) is 35.5 Å². The number of nitrogens with one attached hydrogen (secondary N) is 1. The standard InChI is InChI=1S/C19H24N2O2/c1-19(2,3)23-18(22)21-10-6-7-14(13-21)11-15-12-20-17-9-5-4-8-16(15)17/h4-5,7-9,12,20H,6,10-11,13H2,1-3H3. The number of ether oxygens (including phenoxy) is 1. The van der Waals surface area contributed by atoms with Crippen molar-refractivity contribution in [2.75, 3.05) is 13.1 Å². The minimum atomic E-state index is -0.449. The third-order valence-electron chi connectivity index (χ3n) is 3.97. The summed E-state index contributed by atoms with van der Waals surface area (Å²) in [7, 11) is 0. The Morgan fingerprint density at radius 2 is 2.09 bits per heavy atom. The molecule has 0 saturated heterocycles. The van der Waals surface area contributed by atoms with Gasteiger partial charge in [-0.3, -0.25) is 0 Å². The Morgan fingerprint density at radius 1 is 1.30 bits per heavy atom. The van der Waals surface area contributed by atoms with Crippen LogP contribution in [0, 0.1) is 0 Å². The molecule has 1 aromatic carbocycles. The second-order valence-electron chi connectivity index (χ2n) is 7.09. The highest BCUT2D eigenvalue weighted by Gasteiger charge is 2.24. The van der Waals surface area contributed by atoms with Gasteiger partial charge in [0, 0.05) is 30.2 Å². The molecule has 122 valence electrons. The number of nitrogens with zero attached hydrogens (tertiary/aromatic N) is 1. The zero-order valence-electron chi connectivity index (χ0n) is 14.1. The number of rotatable bonds is 2. The predicted molar refractivity (Wildman–Crippen MR) is 92.5 cm³/mol. The molecule has 4 nitrogen and oxygen atoms in total. The van der Waals surface area contributed by atoms with E-state index in [1.165, 1.54) is 16.5 Å². The lowest BCUT2D eigenvalue weighted by Crippen LogP contribution is -2.40. The molecular weight excluding hydrogens is 288 g/mol. The Labute approximate surface area is 137 Å². The van der Waals surface area contributed by atoms with Crippen LogP contribution in [0.3, 0.4) is 0 Å². The summed E-state index contributed by atoms with van der Waals surface area (Å²) in [6, 6.07) is 8.31. The van der Waals surface area contributed by atoms with Gasteiger partial charge in [0.05, 0.1) is 0 Å². The molecule has 1 aliphatic rings. The second-order valence-corrected chi connectivity index (χ2v) is 7.09. The topological polar surface area (TPSA) is 45.3 Å². The highest BCUT2D eigenvalue weighted by atomic mass is 16.6. The molecule has 0 radical (unpaired) electrons. The van der Waals surface area contributed by atoms with Crippen molar-refractivity contribution >= 4 is 17.0 Å². The van der Waals surface area contributed by atoms with E-state index in [-0.39, 0.29) is 6.09 Å². The van der Waals surface area contributed by atoms with Crippen LogP contribution in [0.15, 0.2) is 42.1 Å². The lowest BCUT2D eigenvalue weighted by atomic mass is 10.0. The molecule has 0 unspecified atom stereocenters. The quantitative estimate of drug-likeness (QED) is 0.841. The molecule has 2 aromatic rings. The van der Waals surface area contributed by atoms with Crippen LogP contribution >= 0.6 is 0 Å². The van der Waals surface area contributed by atoms with E-state index in [1.54, 1.807) is 4.90 Å². The maximum Gasteiger partial charge on any atom is 0.410 e. The van der Waals surface area contributed by atoms with E-state index in [9.17, 15) is 4.79 Å². The minimum absolute atomic E-state index is 0.220. The van der Waals surface area contributed by atoms with Crippen molar-refractivity contribution in [2.24, 2.45) is 0 Å². The molecule has 0 saturated carbocycles. The van der Waals surface area contributed by atoms with Gasteiger partial charge < -0.3 is 14.6 Å². The fourth-order valence-corrected chi connectivity index (χ4v) is 2.95. The van der Waals surface area contributed by atoms with Crippen molar-refractivity contribution in [2.45, 2.75) is 39.2 Å². The molecule has 23 heavy (non-hydrogen) atoms. The summed E-state index contributed by atoms with van der Waals surface area (Å²) in [5, 5.41) is 1.25. The number of hydrogen-bond donors (Lipinski definition) is 1. The average molecular weight is 312 g/mol. The van der Waals surface area contributed by atoms with E-state index in [1.807, 2.05) is 26.8 Å². The SMILES string of the molecule is CC(C)(C)OC(=O)N1CCC=C(Cc2c[nH]c3ccccc23)C1. The smallest absolute Gasteiger partial charge is 0.410 e. The Hall–Kier alpha value is -2.23. The molecule has 1 aliphatic heterocycles. The predicted octanol–water partition coefficient (Wildman–Crippen LogP) is 4.28. The fourth-order valence-electron chi connectivity index (χ4n) is 2.95. The average Bonchev–Trinajstić information content (AvgIpc) is 2.89. The Bertz CT molecular complexity index is 737. The van der Waals surface area contributed by atoms with E-state index in [0.717, 1.165) is 24.9 Å².